The van der Waals surface area contributed by atoms with Crippen LogP contribution in [0.5, 0.6) is 0 Å². The van der Waals surface area contributed by atoms with Crippen LogP contribution in [0.3, 0.4) is 0 Å². The molecule has 0 aliphatic carbocycles. The smallest absolute Gasteiger partial charge is 0.147 e. The first-order valence-electron chi connectivity index (χ1n) is 4.49. The molecule has 1 aromatic carbocycles. The second-order valence-corrected chi connectivity index (χ2v) is 4.42. The van der Waals surface area contributed by atoms with Crippen LogP contribution >= 0.6 is 27.5 Å². The van der Waals surface area contributed by atoms with Crippen molar-refractivity contribution >= 4 is 38.9 Å². The second kappa shape index (κ2) is 4.80. The molecular weight excluding hydrogens is 294 g/mol. The zero-order valence-corrected chi connectivity index (χ0v) is 10.4. The summed E-state index contributed by atoms with van der Waals surface area (Å²) in [7, 11) is 0. The number of halogens is 3. The van der Waals surface area contributed by atoms with Gasteiger partial charge < -0.3 is 5.32 Å². The number of nitrogens with zero attached hydrogens (tertiary/aromatic N) is 1. The lowest BCUT2D eigenvalue weighted by Gasteiger charge is -2.07. The lowest BCUT2D eigenvalue weighted by Crippen LogP contribution is -1.93. The second-order valence-electron chi connectivity index (χ2n) is 3.12. The Hall–Kier alpha value is -1.13. The SMILES string of the molecule is Fc1cc(Br)ccc1Nc1ccnc(Cl)c1. The summed E-state index contributed by atoms with van der Waals surface area (Å²) in [5.41, 5.74) is 1.09. The van der Waals surface area contributed by atoms with Gasteiger partial charge in [-0.05, 0) is 30.3 Å². The highest BCUT2D eigenvalue weighted by Gasteiger charge is 2.03. The van der Waals surface area contributed by atoms with Gasteiger partial charge in [-0.25, -0.2) is 9.37 Å². The van der Waals surface area contributed by atoms with E-state index < -0.39 is 0 Å². The number of pyridine rings is 1. The molecule has 0 fully saturated rings. The van der Waals surface area contributed by atoms with Gasteiger partial charge in [0.2, 0.25) is 0 Å². The van der Waals surface area contributed by atoms with E-state index in [-0.39, 0.29) is 5.82 Å². The predicted octanol–water partition coefficient (Wildman–Crippen LogP) is 4.38. The van der Waals surface area contributed by atoms with Crippen LogP contribution in [0.1, 0.15) is 0 Å². The molecule has 2 rings (SSSR count). The van der Waals surface area contributed by atoms with E-state index in [1.807, 2.05) is 0 Å². The number of hydrogen-bond acceptors (Lipinski definition) is 2. The quantitative estimate of drug-likeness (QED) is 0.833. The third-order valence-corrected chi connectivity index (χ3v) is 2.64. The van der Waals surface area contributed by atoms with Crippen LogP contribution in [-0.4, -0.2) is 4.98 Å². The Balaban J connectivity index is 2.27. The van der Waals surface area contributed by atoms with Gasteiger partial charge in [0.1, 0.15) is 11.0 Å². The van der Waals surface area contributed by atoms with Gasteiger partial charge in [0.05, 0.1) is 5.69 Å². The van der Waals surface area contributed by atoms with E-state index >= 15 is 0 Å². The van der Waals surface area contributed by atoms with E-state index in [1.165, 1.54) is 6.07 Å². The zero-order valence-electron chi connectivity index (χ0n) is 8.05. The van der Waals surface area contributed by atoms with Crippen molar-refractivity contribution in [1.29, 1.82) is 0 Å². The maximum Gasteiger partial charge on any atom is 0.147 e. The molecule has 1 N–H and O–H groups in total. The van der Waals surface area contributed by atoms with Crippen molar-refractivity contribution in [3.8, 4) is 0 Å². The summed E-state index contributed by atoms with van der Waals surface area (Å²) in [6.07, 6.45) is 1.56. The van der Waals surface area contributed by atoms with Crippen LogP contribution in [0.2, 0.25) is 5.15 Å². The van der Waals surface area contributed by atoms with Gasteiger partial charge in [-0.15, -0.1) is 0 Å². The number of nitrogens with one attached hydrogen (secondary N) is 1. The van der Waals surface area contributed by atoms with Crippen LogP contribution in [0.15, 0.2) is 41.0 Å². The molecule has 0 amide bonds. The fourth-order valence-electron chi connectivity index (χ4n) is 1.23. The van der Waals surface area contributed by atoms with E-state index in [0.717, 1.165) is 0 Å². The van der Waals surface area contributed by atoms with Crippen molar-refractivity contribution in [1.82, 2.24) is 4.98 Å². The number of anilines is 2. The molecule has 0 atom stereocenters. The highest BCUT2D eigenvalue weighted by atomic mass is 79.9. The summed E-state index contributed by atoms with van der Waals surface area (Å²) in [4.78, 5) is 3.84. The summed E-state index contributed by atoms with van der Waals surface area (Å²) in [6, 6.07) is 8.14. The molecule has 2 nitrogen and oxygen atoms in total. The summed E-state index contributed by atoms with van der Waals surface area (Å²) >= 11 is 8.92. The molecule has 1 aromatic heterocycles. The van der Waals surface area contributed by atoms with Gasteiger partial charge in [0.25, 0.3) is 0 Å². The van der Waals surface area contributed by atoms with Gasteiger partial charge in [-0.2, -0.15) is 0 Å². The van der Waals surface area contributed by atoms with E-state index in [9.17, 15) is 4.39 Å². The van der Waals surface area contributed by atoms with Crippen LogP contribution in [0.25, 0.3) is 0 Å². The van der Waals surface area contributed by atoms with Crippen LogP contribution in [0, 0.1) is 5.82 Å². The Morgan fingerprint density at radius 3 is 2.75 bits per heavy atom. The molecule has 0 aliphatic heterocycles. The Bertz CT molecular complexity index is 519. The van der Waals surface area contributed by atoms with Gasteiger partial charge in [0, 0.05) is 16.4 Å². The first-order chi connectivity index (χ1) is 7.65. The Morgan fingerprint density at radius 2 is 2.06 bits per heavy atom. The van der Waals surface area contributed by atoms with Crippen molar-refractivity contribution in [2.45, 2.75) is 0 Å². The molecule has 5 heteroatoms. The average molecular weight is 302 g/mol. The Morgan fingerprint density at radius 1 is 1.25 bits per heavy atom. The summed E-state index contributed by atoms with van der Waals surface area (Å²) in [5.74, 6) is -0.331. The van der Waals surface area contributed by atoms with Crippen molar-refractivity contribution in [2.75, 3.05) is 5.32 Å². The highest BCUT2D eigenvalue weighted by molar-refractivity contribution is 9.10. The van der Waals surface area contributed by atoms with Crippen molar-refractivity contribution < 1.29 is 4.39 Å². The molecule has 0 aliphatic rings. The van der Waals surface area contributed by atoms with Crippen LogP contribution in [-0.2, 0) is 0 Å². The van der Waals surface area contributed by atoms with E-state index in [2.05, 4.69) is 26.2 Å². The lowest BCUT2D eigenvalue weighted by atomic mass is 10.3. The summed E-state index contributed by atoms with van der Waals surface area (Å²) in [5, 5.41) is 3.28. The minimum absolute atomic E-state index is 0.331. The van der Waals surface area contributed by atoms with Crippen LogP contribution in [0.4, 0.5) is 15.8 Å². The standard InChI is InChI=1S/C11H7BrClFN2/c12-7-1-2-10(9(14)5-7)16-8-3-4-15-11(13)6-8/h1-6H,(H,15,16). The molecule has 1 heterocycles. The molecule has 16 heavy (non-hydrogen) atoms. The third kappa shape index (κ3) is 2.71. The van der Waals surface area contributed by atoms with Crippen molar-refractivity contribution in [3.05, 3.63) is 52.0 Å². The molecule has 0 unspecified atom stereocenters. The minimum atomic E-state index is -0.331. The van der Waals surface area contributed by atoms with Gasteiger partial charge in [-0.1, -0.05) is 27.5 Å². The molecule has 0 bridgehead atoms. The first-order valence-corrected chi connectivity index (χ1v) is 5.66. The first kappa shape index (κ1) is 11.4. The number of hydrogen-bond donors (Lipinski definition) is 1. The Kier molecular flexibility index (Phi) is 3.41. The third-order valence-electron chi connectivity index (χ3n) is 1.94. The van der Waals surface area contributed by atoms with E-state index in [4.69, 9.17) is 11.6 Å². The molecule has 0 spiro atoms. The Labute approximate surface area is 106 Å². The molecule has 82 valence electrons. The maximum absolute atomic E-state index is 13.5. The summed E-state index contributed by atoms with van der Waals surface area (Å²) in [6.45, 7) is 0. The minimum Gasteiger partial charge on any atom is -0.353 e. The maximum atomic E-state index is 13.5. The normalized spacial score (nSPS) is 10.2. The number of aromatic nitrogens is 1. The topological polar surface area (TPSA) is 24.9 Å². The monoisotopic (exact) mass is 300 g/mol. The zero-order chi connectivity index (χ0) is 11.5. The fourth-order valence-corrected chi connectivity index (χ4v) is 1.73. The average Bonchev–Trinajstić information content (AvgIpc) is 2.22. The van der Waals surface area contributed by atoms with Gasteiger partial charge in [0.15, 0.2) is 0 Å². The lowest BCUT2D eigenvalue weighted by molar-refractivity contribution is 0.631. The molecule has 0 saturated heterocycles. The number of benzene rings is 1. The van der Waals surface area contributed by atoms with Gasteiger partial charge in [-0.3, -0.25) is 0 Å². The van der Waals surface area contributed by atoms with Crippen molar-refractivity contribution in [2.24, 2.45) is 0 Å². The largest absolute Gasteiger partial charge is 0.353 e. The molecule has 2 aromatic rings. The van der Waals surface area contributed by atoms with Crippen molar-refractivity contribution in [3.63, 3.8) is 0 Å². The highest BCUT2D eigenvalue weighted by Crippen LogP contribution is 2.23. The molecule has 0 saturated carbocycles. The number of rotatable bonds is 2. The van der Waals surface area contributed by atoms with Gasteiger partial charge >= 0.3 is 0 Å². The van der Waals surface area contributed by atoms with E-state index in [0.29, 0.717) is 21.0 Å². The molecular formula is C11H7BrClFN2. The summed E-state index contributed by atoms with van der Waals surface area (Å²) < 4.78 is 14.2. The predicted molar refractivity (Wildman–Crippen MR) is 66.6 cm³/mol. The molecule has 0 radical (unpaired) electrons. The fraction of sp³-hybridized carbons (Fsp3) is 0. The van der Waals surface area contributed by atoms with E-state index in [1.54, 1.807) is 30.5 Å². The van der Waals surface area contributed by atoms with Crippen LogP contribution < -0.4 is 5.32 Å².